The van der Waals surface area contributed by atoms with E-state index < -0.39 is 5.97 Å². The Labute approximate surface area is 87.6 Å². The van der Waals surface area contributed by atoms with Gasteiger partial charge in [0.1, 0.15) is 11.8 Å². The number of rotatable bonds is 2. The van der Waals surface area contributed by atoms with Crippen LogP contribution in [0.1, 0.15) is 25.1 Å². The molecular weight excluding hydrogens is 194 g/mol. The average Bonchev–Trinajstić information content (AvgIpc) is 2.55. The van der Waals surface area contributed by atoms with Crippen LogP contribution in [0.4, 0.5) is 0 Å². The molecule has 1 aromatic heterocycles. The summed E-state index contributed by atoms with van der Waals surface area (Å²) in [5.41, 5.74) is 1.66. The minimum absolute atomic E-state index is 0.483. The van der Waals surface area contributed by atoms with Gasteiger partial charge in [-0.15, -0.1) is 0 Å². The standard InChI is InChI=1S/C10H11N3O2/c1-7(12-15-8(2)14)9-4-5-13(3)10(9)6-11/h4-5H,1-3H3. The number of carbonyl (C=O) groups excluding carboxylic acids is 1. The van der Waals surface area contributed by atoms with Crippen LogP contribution >= 0.6 is 0 Å². The normalized spacial score (nSPS) is 10.9. The molecule has 5 nitrogen and oxygen atoms in total. The molecule has 0 spiro atoms. The summed E-state index contributed by atoms with van der Waals surface area (Å²) in [4.78, 5) is 15.0. The van der Waals surface area contributed by atoms with Gasteiger partial charge in [-0.05, 0) is 13.0 Å². The van der Waals surface area contributed by atoms with Crippen LogP contribution in [0, 0.1) is 11.3 Å². The molecule has 0 aliphatic heterocycles. The maximum Gasteiger partial charge on any atom is 0.331 e. The summed E-state index contributed by atoms with van der Waals surface area (Å²) in [6.07, 6.45) is 1.75. The summed E-state index contributed by atoms with van der Waals surface area (Å²) in [7, 11) is 1.77. The monoisotopic (exact) mass is 205 g/mol. The fourth-order valence-electron chi connectivity index (χ4n) is 1.14. The first kappa shape index (κ1) is 11.0. The van der Waals surface area contributed by atoms with Gasteiger partial charge in [0, 0.05) is 25.7 Å². The summed E-state index contributed by atoms with van der Waals surface area (Å²) >= 11 is 0. The Kier molecular flexibility index (Phi) is 3.24. The molecule has 1 aromatic rings. The zero-order valence-electron chi connectivity index (χ0n) is 8.81. The lowest BCUT2D eigenvalue weighted by Crippen LogP contribution is -2.02. The van der Waals surface area contributed by atoms with Crippen molar-refractivity contribution in [1.82, 2.24) is 4.57 Å². The van der Waals surface area contributed by atoms with Gasteiger partial charge in [0.25, 0.3) is 0 Å². The first-order valence-electron chi connectivity index (χ1n) is 4.34. The van der Waals surface area contributed by atoms with E-state index in [2.05, 4.69) is 16.1 Å². The van der Waals surface area contributed by atoms with Gasteiger partial charge in [-0.1, -0.05) is 5.16 Å². The predicted octanol–water partition coefficient (Wildman–Crippen LogP) is 1.18. The molecule has 1 heterocycles. The third-order valence-corrected chi connectivity index (χ3v) is 1.88. The van der Waals surface area contributed by atoms with Crippen molar-refractivity contribution in [2.45, 2.75) is 13.8 Å². The molecule has 0 radical (unpaired) electrons. The number of aromatic nitrogens is 1. The predicted molar refractivity (Wildman–Crippen MR) is 54.1 cm³/mol. The molecule has 0 N–H and O–H groups in total. The van der Waals surface area contributed by atoms with E-state index in [9.17, 15) is 4.79 Å². The molecule has 0 fully saturated rings. The van der Waals surface area contributed by atoms with Gasteiger partial charge in [0.2, 0.25) is 0 Å². The lowest BCUT2D eigenvalue weighted by molar-refractivity contribution is -0.140. The van der Waals surface area contributed by atoms with Crippen molar-refractivity contribution < 1.29 is 9.63 Å². The molecule has 15 heavy (non-hydrogen) atoms. The summed E-state index contributed by atoms with van der Waals surface area (Å²) < 4.78 is 1.68. The van der Waals surface area contributed by atoms with Gasteiger partial charge < -0.3 is 9.40 Å². The second kappa shape index (κ2) is 4.42. The molecule has 78 valence electrons. The van der Waals surface area contributed by atoms with E-state index in [1.807, 2.05) is 0 Å². The zero-order chi connectivity index (χ0) is 11.4. The first-order chi connectivity index (χ1) is 7.06. The van der Waals surface area contributed by atoms with Crippen molar-refractivity contribution in [1.29, 1.82) is 5.26 Å². The SMILES string of the molecule is CC(=O)ON=C(C)c1ccn(C)c1C#N. The highest BCUT2D eigenvalue weighted by atomic mass is 16.7. The third-order valence-electron chi connectivity index (χ3n) is 1.88. The van der Waals surface area contributed by atoms with Crippen molar-refractivity contribution in [3.05, 3.63) is 23.5 Å². The van der Waals surface area contributed by atoms with E-state index in [0.717, 1.165) is 0 Å². The Balaban J connectivity index is 3.01. The van der Waals surface area contributed by atoms with E-state index in [1.54, 1.807) is 30.8 Å². The molecule has 0 bridgehead atoms. The Morgan fingerprint density at radius 1 is 1.60 bits per heavy atom. The Hall–Kier alpha value is -2.09. The second-order valence-corrected chi connectivity index (χ2v) is 3.06. The first-order valence-corrected chi connectivity index (χ1v) is 4.34. The number of hydrogen-bond acceptors (Lipinski definition) is 4. The maximum absolute atomic E-state index is 10.5. The maximum atomic E-state index is 10.5. The number of carbonyl (C=O) groups is 1. The van der Waals surface area contributed by atoms with E-state index in [0.29, 0.717) is 17.0 Å². The van der Waals surface area contributed by atoms with Gasteiger partial charge in [0.05, 0.1) is 5.71 Å². The molecular formula is C10H11N3O2. The van der Waals surface area contributed by atoms with Crippen molar-refractivity contribution in [2.75, 3.05) is 0 Å². The molecule has 0 unspecified atom stereocenters. The average molecular weight is 205 g/mol. The Morgan fingerprint density at radius 3 is 2.80 bits per heavy atom. The van der Waals surface area contributed by atoms with Gasteiger partial charge in [-0.25, -0.2) is 4.79 Å². The van der Waals surface area contributed by atoms with Crippen LogP contribution in [-0.4, -0.2) is 16.2 Å². The van der Waals surface area contributed by atoms with Crippen LogP contribution in [0.3, 0.4) is 0 Å². The highest BCUT2D eigenvalue weighted by Gasteiger charge is 2.09. The summed E-state index contributed by atoms with van der Waals surface area (Å²) in [6.45, 7) is 2.95. The van der Waals surface area contributed by atoms with Gasteiger partial charge in [-0.2, -0.15) is 5.26 Å². The quantitative estimate of drug-likeness (QED) is 0.413. The van der Waals surface area contributed by atoms with Crippen LogP contribution in [-0.2, 0) is 16.7 Å². The van der Waals surface area contributed by atoms with Crippen molar-refractivity contribution in [2.24, 2.45) is 12.2 Å². The highest BCUT2D eigenvalue weighted by molar-refractivity contribution is 6.00. The number of hydrogen-bond donors (Lipinski definition) is 0. The molecule has 5 heteroatoms. The minimum Gasteiger partial charge on any atom is -0.342 e. The van der Waals surface area contributed by atoms with Crippen molar-refractivity contribution >= 4 is 11.7 Å². The number of oxime groups is 1. The third kappa shape index (κ3) is 2.44. The molecule has 0 saturated carbocycles. The van der Waals surface area contributed by atoms with Crippen LogP contribution in [0.5, 0.6) is 0 Å². The van der Waals surface area contributed by atoms with Gasteiger partial charge >= 0.3 is 5.97 Å². The Bertz CT molecular complexity index is 452. The van der Waals surface area contributed by atoms with E-state index in [1.165, 1.54) is 6.92 Å². The van der Waals surface area contributed by atoms with E-state index in [-0.39, 0.29) is 0 Å². The molecule has 0 aliphatic carbocycles. The molecule has 0 aromatic carbocycles. The largest absolute Gasteiger partial charge is 0.342 e. The highest BCUT2D eigenvalue weighted by Crippen LogP contribution is 2.10. The smallest absolute Gasteiger partial charge is 0.331 e. The van der Waals surface area contributed by atoms with Crippen LogP contribution < -0.4 is 0 Å². The van der Waals surface area contributed by atoms with Crippen LogP contribution in [0.25, 0.3) is 0 Å². The van der Waals surface area contributed by atoms with Crippen LogP contribution in [0.2, 0.25) is 0 Å². The number of aryl methyl sites for hydroxylation is 1. The molecule has 0 saturated heterocycles. The Morgan fingerprint density at radius 2 is 2.27 bits per heavy atom. The minimum atomic E-state index is -0.483. The van der Waals surface area contributed by atoms with Gasteiger partial charge in [-0.3, -0.25) is 0 Å². The van der Waals surface area contributed by atoms with E-state index >= 15 is 0 Å². The lowest BCUT2D eigenvalue weighted by Gasteiger charge is -1.98. The summed E-state index contributed by atoms with van der Waals surface area (Å²) in [5.74, 6) is -0.483. The number of nitrogens with zero attached hydrogens (tertiary/aromatic N) is 3. The number of nitriles is 1. The van der Waals surface area contributed by atoms with E-state index in [4.69, 9.17) is 5.26 Å². The topological polar surface area (TPSA) is 67.4 Å². The summed E-state index contributed by atoms with van der Waals surface area (Å²) in [6, 6.07) is 3.80. The van der Waals surface area contributed by atoms with Crippen molar-refractivity contribution in [3.63, 3.8) is 0 Å². The van der Waals surface area contributed by atoms with Crippen LogP contribution in [0.15, 0.2) is 17.4 Å². The zero-order valence-corrected chi connectivity index (χ0v) is 8.81. The lowest BCUT2D eigenvalue weighted by atomic mass is 10.2. The molecule has 0 aliphatic rings. The summed E-state index contributed by atoms with van der Waals surface area (Å²) in [5, 5.41) is 12.5. The molecule has 1 rings (SSSR count). The fraction of sp³-hybridized carbons (Fsp3) is 0.300. The van der Waals surface area contributed by atoms with Gasteiger partial charge in [0.15, 0.2) is 0 Å². The molecule has 0 amide bonds. The van der Waals surface area contributed by atoms with Crippen molar-refractivity contribution in [3.8, 4) is 6.07 Å². The molecule has 0 atom stereocenters. The second-order valence-electron chi connectivity index (χ2n) is 3.06. The fourth-order valence-corrected chi connectivity index (χ4v) is 1.14.